The van der Waals surface area contributed by atoms with Crippen LogP contribution in [0.2, 0.25) is 5.02 Å². The van der Waals surface area contributed by atoms with E-state index in [1.54, 1.807) is 62.4 Å². The molecule has 0 radical (unpaired) electrons. The van der Waals surface area contributed by atoms with Crippen molar-refractivity contribution in [3.63, 3.8) is 0 Å². The quantitative estimate of drug-likeness (QED) is 0.284. The Kier molecular flexibility index (Phi) is 8.39. The van der Waals surface area contributed by atoms with Crippen LogP contribution in [0.1, 0.15) is 40.9 Å². The lowest BCUT2D eigenvalue weighted by atomic mass is 9.92. The van der Waals surface area contributed by atoms with Crippen LogP contribution in [-0.4, -0.2) is 33.3 Å². The molecule has 8 nitrogen and oxygen atoms in total. The third-order valence-electron chi connectivity index (χ3n) is 6.40. The fourth-order valence-corrected chi connectivity index (χ4v) is 4.35. The van der Waals surface area contributed by atoms with Gasteiger partial charge in [-0.3, -0.25) is 9.36 Å². The lowest BCUT2D eigenvalue weighted by molar-refractivity contribution is -0.137. The van der Waals surface area contributed by atoms with E-state index in [0.717, 1.165) is 16.8 Å². The molecule has 12 heteroatoms. The molecular weight excluding hydrogens is 561 g/mol. The molecule has 1 aromatic heterocycles. The van der Waals surface area contributed by atoms with Crippen molar-refractivity contribution < 1.29 is 27.5 Å². The topological polar surface area (TPSA) is 95.2 Å². The number of halogens is 4. The summed E-state index contributed by atoms with van der Waals surface area (Å²) < 4.78 is 46.7. The third kappa shape index (κ3) is 6.86. The monoisotopic (exact) mass is 586 g/mol. The Morgan fingerprint density at radius 1 is 0.976 bits per heavy atom. The number of rotatable bonds is 8. The third-order valence-corrected chi connectivity index (χ3v) is 6.65. The fourth-order valence-electron chi connectivity index (χ4n) is 4.23. The molecule has 1 amide bonds. The first kappa shape index (κ1) is 29.6. The number of esters is 1. The van der Waals surface area contributed by atoms with E-state index in [-0.39, 0.29) is 17.9 Å². The van der Waals surface area contributed by atoms with Crippen LogP contribution < -0.4 is 11.0 Å². The molecule has 0 saturated carbocycles. The highest BCUT2D eigenvalue weighted by Gasteiger charge is 2.32. The number of nitrogens with zero attached hydrogens (tertiary/aromatic N) is 3. The molecule has 0 aliphatic heterocycles. The Balaban J connectivity index is 1.62. The number of amides is 1. The highest BCUT2D eigenvalue weighted by molar-refractivity contribution is 6.30. The number of hydrogen-bond acceptors (Lipinski definition) is 5. The molecule has 0 saturated heterocycles. The Morgan fingerprint density at radius 3 is 2.22 bits per heavy atom. The molecule has 0 spiro atoms. The van der Waals surface area contributed by atoms with Gasteiger partial charge in [-0.1, -0.05) is 35.9 Å². The Labute approximate surface area is 238 Å². The molecule has 4 aromatic rings. The Bertz CT molecular complexity index is 1630. The second-order valence-electron chi connectivity index (χ2n) is 9.80. The summed E-state index contributed by atoms with van der Waals surface area (Å²) in [5.41, 5.74) is -0.748. The van der Waals surface area contributed by atoms with Crippen molar-refractivity contribution in [3.05, 3.63) is 111 Å². The average Bonchev–Trinajstić information content (AvgIpc) is 3.22. The highest BCUT2D eigenvalue weighted by atomic mass is 35.5. The summed E-state index contributed by atoms with van der Waals surface area (Å²) in [7, 11) is 1.28. The van der Waals surface area contributed by atoms with Gasteiger partial charge in [-0.2, -0.15) is 13.2 Å². The summed E-state index contributed by atoms with van der Waals surface area (Å²) in [4.78, 5) is 38.2. The van der Waals surface area contributed by atoms with Crippen LogP contribution in [0, 0.1) is 0 Å². The van der Waals surface area contributed by atoms with E-state index in [9.17, 15) is 27.6 Å². The zero-order chi connectivity index (χ0) is 29.9. The molecule has 1 heterocycles. The average molecular weight is 587 g/mol. The van der Waals surface area contributed by atoms with E-state index >= 15 is 0 Å². The number of aromatic nitrogens is 3. The number of hydrogen-bond donors (Lipinski definition) is 1. The Hall–Kier alpha value is -4.38. The van der Waals surface area contributed by atoms with Gasteiger partial charge in [-0.25, -0.2) is 14.3 Å². The number of benzene rings is 3. The summed E-state index contributed by atoms with van der Waals surface area (Å²) in [6.07, 6.45) is -4.53. The van der Waals surface area contributed by atoms with Crippen LogP contribution in [0.5, 0.6) is 0 Å². The van der Waals surface area contributed by atoms with Crippen molar-refractivity contribution in [2.24, 2.45) is 0 Å². The molecule has 0 aliphatic carbocycles. The number of ether oxygens (including phenoxy) is 1. The molecule has 4 rings (SSSR count). The number of carbonyl (C=O) groups excluding carboxylic acids is 2. The van der Waals surface area contributed by atoms with Crippen LogP contribution >= 0.6 is 11.6 Å². The van der Waals surface area contributed by atoms with Crippen molar-refractivity contribution in [2.45, 2.75) is 38.7 Å². The zero-order valence-corrected chi connectivity index (χ0v) is 23.1. The van der Waals surface area contributed by atoms with Gasteiger partial charge in [0, 0.05) is 10.6 Å². The maximum atomic E-state index is 13.4. The largest absolute Gasteiger partial charge is 0.465 e. The molecule has 0 bridgehead atoms. The van der Waals surface area contributed by atoms with Crippen LogP contribution in [0.3, 0.4) is 0 Å². The lowest BCUT2D eigenvalue weighted by Gasteiger charge is -2.27. The molecule has 0 aliphatic rings. The van der Waals surface area contributed by atoms with Gasteiger partial charge >= 0.3 is 17.8 Å². The van der Waals surface area contributed by atoms with Gasteiger partial charge in [-0.05, 0) is 73.5 Å². The molecular formula is C29H26ClF3N4O4. The predicted octanol–water partition coefficient (Wildman–Crippen LogP) is 5.27. The van der Waals surface area contributed by atoms with Crippen LogP contribution in [0.25, 0.3) is 11.4 Å². The second kappa shape index (κ2) is 11.6. The number of carbonyl (C=O) groups is 2. The van der Waals surface area contributed by atoms with Gasteiger partial charge < -0.3 is 10.1 Å². The predicted molar refractivity (Wildman–Crippen MR) is 146 cm³/mol. The van der Waals surface area contributed by atoms with E-state index in [1.807, 2.05) is 0 Å². The van der Waals surface area contributed by atoms with Gasteiger partial charge in [0.1, 0.15) is 6.54 Å². The van der Waals surface area contributed by atoms with Crippen molar-refractivity contribution in [1.82, 2.24) is 19.7 Å². The SMILES string of the molecule is COC(=O)c1ccc(Cn2c(-c3ccc(Cl)cc3)nn(CC(=O)NC(C)(C)c3cccc(C(F)(F)F)c3)c2=O)cc1. The molecule has 214 valence electrons. The maximum absolute atomic E-state index is 13.4. The molecule has 41 heavy (non-hydrogen) atoms. The lowest BCUT2D eigenvalue weighted by Crippen LogP contribution is -2.44. The normalized spacial score (nSPS) is 11.8. The minimum absolute atomic E-state index is 0.0790. The molecule has 1 N–H and O–H groups in total. The van der Waals surface area contributed by atoms with Gasteiger partial charge in [-0.15, -0.1) is 5.10 Å². The first-order chi connectivity index (χ1) is 19.3. The number of nitrogens with one attached hydrogen (secondary N) is 1. The summed E-state index contributed by atoms with van der Waals surface area (Å²) >= 11 is 6.03. The summed E-state index contributed by atoms with van der Waals surface area (Å²) in [6, 6.07) is 17.8. The molecule has 0 fully saturated rings. The first-order valence-corrected chi connectivity index (χ1v) is 12.8. The fraction of sp³-hybridized carbons (Fsp3) is 0.241. The first-order valence-electron chi connectivity index (χ1n) is 12.4. The van der Waals surface area contributed by atoms with E-state index in [2.05, 4.69) is 10.4 Å². The zero-order valence-electron chi connectivity index (χ0n) is 22.3. The number of alkyl halides is 3. The molecule has 0 unspecified atom stereocenters. The van der Waals surface area contributed by atoms with Gasteiger partial charge in [0.05, 0.1) is 30.3 Å². The molecule has 0 atom stereocenters. The standard InChI is InChI=1S/C29H26ClF3N4O4/c1-28(2,21-5-4-6-22(15-21)29(31,32)33)34-24(38)17-37-27(40)36(25(35-37)19-11-13-23(30)14-12-19)16-18-7-9-20(10-8-18)26(39)41-3/h4-15H,16-17H2,1-3H3,(H,34,38). The van der Waals surface area contributed by atoms with E-state index in [1.165, 1.54) is 23.8 Å². The minimum atomic E-state index is -4.53. The van der Waals surface area contributed by atoms with Crippen molar-refractivity contribution in [1.29, 1.82) is 0 Å². The highest BCUT2D eigenvalue weighted by Crippen LogP contribution is 2.32. The van der Waals surface area contributed by atoms with E-state index in [4.69, 9.17) is 16.3 Å². The van der Waals surface area contributed by atoms with Crippen LogP contribution in [0.15, 0.2) is 77.6 Å². The van der Waals surface area contributed by atoms with Crippen LogP contribution in [-0.2, 0) is 34.3 Å². The molecule has 3 aromatic carbocycles. The smallest absolute Gasteiger partial charge is 0.416 e. The summed E-state index contributed by atoms with van der Waals surface area (Å²) in [5.74, 6) is -0.847. The summed E-state index contributed by atoms with van der Waals surface area (Å²) in [5, 5.41) is 7.58. The maximum Gasteiger partial charge on any atom is 0.416 e. The minimum Gasteiger partial charge on any atom is -0.465 e. The Morgan fingerprint density at radius 2 is 1.61 bits per heavy atom. The van der Waals surface area contributed by atoms with Gasteiger partial charge in [0.15, 0.2) is 5.82 Å². The summed E-state index contributed by atoms with van der Waals surface area (Å²) in [6.45, 7) is 2.74. The van der Waals surface area contributed by atoms with E-state index in [0.29, 0.717) is 21.7 Å². The van der Waals surface area contributed by atoms with Gasteiger partial charge in [0.2, 0.25) is 5.91 Å². The second-order valence-corrected chi connectivity index (χ2v) is 10.2. The number of methoxy groups -OCH3 is 1. The van der Waals surface area contributed by atoms with E-state index < -0.39 is 41.4 Å². The van der Waals surface area contributed by atoms with Crippen LogP contribution in [0.4, 0.5) is 13.2 Å². The van der Waals surface area contributed by atoms with Crippen molar-refractivity contribution in [3.8, 4) is 11.4 Å². The van der Waals surface area contributed by atoms with Crippen molar-refractivity contribution >= 4 is 23.5 Å². The van der Waals surface area contributed by atoms with Crippen molar-refractivity contribution in [2.75, 3.05) is 7.11 Å². The van der Waals surface area contributed by atoms with Gasteiger partial charge in [0.25, 0.3) is 0 Å².